The van der Waals surface area contributed by atoms with E-state index in [2.05, 4.69) is 5.32 Å². The van der Waals surface area contributed by atoms with Crippen LogP contribution in [0.1, 0.15) is 34.5 Å². The first-order chi connectivity index (χ1) is 11.5. The van der Waals surface area contributed by atoms with Crippen LogP contribution in [0.5, 0.6) is 11.5 Å². The van der Waals surface area contributed by atoms with Crippen molar-refractivity contribution in [3.63, 3.8) is 0 Å². The fourth-order valence-corrected chi connectivity index (χ4v) is 2.35. The van der Waals surface area contributed by atoms with Crippen molar-refractivity contribution in [1.82, 2.24) is 5.32 Å². The third-order valence-corrected chi connectivity index (χ3v) is 3.77. The highest BCUT2D eigenvalue weighted by Gasteiger charge is 2.18. The molecule has 2 aromatic rings. The number of hydrogen-bond donors (Lipinski definition) is 2. The number of ether oxygens (including phenoxy) is 2. The lowest BCUT2D eigenvalue weighted by molar-refractivity contribution is 0.0939. The Balaban J connectivity index is 0.00000312. The number of nitrogens with one attached hydrogen (secondary N) is 1. The van der Waals surface area contributed by atoms with Gasteiger partial charge in [0.15, 0.2) is 11.5 Å². The van der Waals surface area contributed by atoms with Gasteiger partial charge in [-0.3, -0.25) is 4.79 Å². The Morgan fingerprint density at radius 2 is 1.72 bits per heavy atom. The molecule has 0 aliphatic rings. The van der Waals surface area contributed by atoms with Gasteiger partial charge in [-0.1, -0.05) is 12.1 Å². The molecule has 0 heterocycles. The molecule has 0 radical (unpaired) electrons. The van der Waals surface area contributed by atoms with Crippen LogP contribution in [0.15, 0.2) is 36.4 Å². The standard InChI is InChI=1S/C18H21FN2O3.ClH/c1-11(14-8-16(23-2)17(24-3)9-15(14)19)21-18(22)13-6-4-12(10-20)5-7-13;/h4-9,11H,10,20H2,1-3H3,(H,21,22);1H. The lowest BCUT2D eigenvalue weighted by Crippen LogP contribution is -2.27. The zero-order chi connectivity index (χ0) is 17.7. The van der Waals surface area contributed by atoms with Gasteiger partial charge in [0, 0.05) is 23.7 Å². The van der Waals surface area contributed by atoms with Crippen molar-refractivity contribution in [2.75, 3.05) is 14.2 Å². The predicted octanol–water partition coefficient (Wildman–Crippen LogP) is 3.21. The summed E-state index contributed by atoms with van der Waals surface area (Å²) in [7, 11) is 2.91. The van der Waals surface area contributed by atoms with Crippen molar-refractivity contribution < 1.29 is 18.7 Å². The molecule has 0 aliphatic heterocycles. The number of amides is 1. The molecule has 0 saturated carbocycles. The third kappa shape index (κ3) is 4.84. The molecule has 3 N–H and O–H groups in total. The van der Waals surface area contributed by atoms with Gasteiger partial charge in [-0.25, -0.2) is 4.39 Å². The van der Waals surface area contributed by atoms with Crippen LogP contribution in [-0.2, 0) is 6.54 Å². The second-order valence-corrected chi connectivity index (χ2v) is 5.32. The lowest BCUT2D eigenvalue weighted by Gasteiger charge is -2.17. The zero-order valence-corrected chi connectivity index (χ0v) is 15.2. The van der Waals surface area contributed by atoms with Gasteiger partial charge in [0.05, 0.1) is 20.3 Å². The van der Waals surface area contributed by atoms with Gasteiger partial charge >= 0.3 is 0 Å². The normalized spacial score (nSPS) is 11.2. The van der Waals surface area contributed by atoms with Gasteiger partial charge in [0.25, 0.3) is 5.91 Å². The number of nitrogens with two attached hydrogens (primary N) is 1. The molecule has 2 rings (SSSR count). The maximum atomic E-state index is 14.3. The van der Waals surface area contributed by atoms with Crippen LogP contribution in [0.2, 0.25) is 0 Å². The Morgan fingerprint density at radius 3 is 2.24 bits per heavy atom. The monoisotopic (exact) mass is 368 g/mol. The average molecular weight is 369 g/mol. The van der Waals surface area contributed by atoms with E-state index >= 15 is 0 Å². The van der Waals surface area contributed by atoms with E-state index in [4.69, 9.17) is 15.2 Å². The highest BCUT2D eigenvalue weighted by molar-refractivity contribution is 5.94. The fourth-order valence-electron chi connectivity index (χ4n) is 2.35. The maximum Gasteiger partial charge on any atom is 0.251 e. The summed E-state index contributed by atoms with van der Waals surface area (Å²) in [5, 5.41) is 2.77. The first-order valence-electron chi connectivity index (χ1n) is 7.51. The second-order valence-electron chi connectivity index (χ2n) is 5.32. The molecule has 7 heteroatoms. The summed E-state index contributed by atoms with van der Waals surface area (Å²) in [4.78, 5) is 12.3. The molecule has 0 spiro atoms. The Kier molecular flexibility index (Phi) is 7.67. The number of rotatable bonds is 6. The minimum atomic E-state index is -0.536. The highest BCUT2D eigenvalue weighted by atomic mass is 35.5. The molecular formula is C18H22ClFN2O3. The zero-order valence-electron chi connectivity index (χ0n) is 14.3. The Morgan fingerprint density at radius 1 is 1.16 bits per heavy atom. The van der Waals surface area contributed by atoms with Gasteiger partial charge in [0.1, 0.15) is 5.82 Å². The number of carbonyl (C=O) groups is 1. The average Bonchev–Trinajstić information content (AvgIpc) is 2.61. The van der Waals surface area contributed by atoms with Crippen molar-refractivity contribution in [1.29, 1.82) is 0 Å². The van der Waals surface area contributed by atoms with E-state index in [1.165, 1.54) is 26.4 Å². The topological polar surface area (TPSA) is 73.6 Å². The van der Waals surface area contributed by atoms with Gasteiger partial charge in [-0.2, -0.15) is 0 Å². The van der Waals surface area contributed by atoms with Crippen molar-refractivity contribution in [3.05, 3.63) is 58.9 Å². The van der Waals surface area contributed by atoms with E-state index in [0.717, 1.165) is 5.56 Å². The molecular weight excluding hydrogens is 347 g/mol. The quantitative estimate of drug-likeness (QED) is 0.821. The summed E-state index contributed by atoms with van der Waals surface area (Å²) in [6.45, 7) is 2.12. The maximum absolute atomic E-state index is 14.3. The summed E-state index contributed by atoms with van der Waals surface area (Å²) in [5.41, 5.74) is 7.28. The molecule has 136 valence electrons. The predicted molar refractivity (Wildman–Crippen MR) is 97.0 cm³/mol. The van der Waals surface area contributed by atoms with Gasteiger partial charge in [-0.05, 0) is 30.7 Å². The van der Waals surface area contributed by atoms with E-state index in [-0.39, 0.29) is 18.3 Å². The molecule has 0 bridgehead atoms. The Hall–Kier alpha value is -2.31. The minimum Gasteiger partial charge on any atom is -0.493 e. The van der Waals surface area contributed by atoms with Gasteiger partial charge in [-0.15, -0.1) is 12.4 Å². The second kappa shape index (κ2) is 9.25. The van der Waals surface area contributed by atoms with Crippen LogP contribution in [0, 0.1) is 5.82 Å². The van der Waals surface area contributed by atoms with Crippen LogP contribution in [0.25, 0.3) is 0 Å². The molecule has 1 unspecified atom stereocenters. The molecule has 0 aliphatic carbocycles. The van der Waals surface area contributed by atoms with Crippen LogP contribution in [0.3, 0.4) is 0 Å². The van der Waals surface area contributed by atoms with E-state index in [9.17, 15) is 9.18 Å². The largest absolute Gasteiger partial charge is 0.493 e. The highest BCUT2D eigenvalue weighted by Crippen LogP contribution is 2.32. The molecule has 2 aromatic carbocycles. The van der Waals surface area contributed by atoms with Crippen molar-refractivity contribution in [2.24, 2.45) is 5.73 Å². The molecule has 1 atom stereocenters. The lowest BCUT2D eigenvalue weighted by atomic mass is 10.1. The van der Waals surface area contributed by atoms with Crippen LogP contribution >= 0.6 is 12.4 Å². The van der Waals surface area contributed by atoms with E-state index in [0.29, 0.717) is 29.2 Å². The van der Waals surface area contributed by atoms with Crippen LogP contribution in [0.4, 0.5) is 4.39 Å². The molecule has 1 amide bonds. The summed E-state index contributed by atoms with van der Waals surface area (Å²) in [6, 6.07) is 9.19. The smallest absolute Gasteiger partial charge is 0.251 e. The van der Waals surface area contributed by atoms with Crippen molar-refractivity contribution >= 4 is 18.3 Å². The van der Waals surface area contributed by atoms with E-state index in [1.807, 2.05) is 0 Å². The van der Waals surface area contributed by atoms with E-state index < -0.39 is 11.9 Å². The molecule has 0 fully saturated rings. The minimum absolute atomic E-state index is 0. The molecule has 0 aromatic heterocycles. The number of benzene rings is 2. The van der Waals surface area contributed by atoms with Crippen molar-refractivity contribution in [2.45, 2.75) is 19.5 Å². The summed E-state index contributed by atoms with van der Waals surface area (Å²) < 4.78 is 24.5. The summed E-state index contributed by atoms with van der Waals surface area (Å²) in [6.07, 6.45) is 0. The Bertz CT molecular complexity index is 723. The third-order valence-electron chi connectivity index (χ3n) is 3.77. The first-order valence-corrected chi connectivity index (χ1v) is 7.51. The fraction of sp³-hybridized carbons (Fsp3) is 0.278. The number of methoxy groups -OCH3 is 2. The number of hydrogen-bond acceptors (Lipinski definition) is 4. The summed E-state index contributed by atoms with van der Waals surface area (Å²) in [5.74, 6) is -0.0591. The van der Waals surface area contributed by atoms with E-state index in [1.54, 1.807) is 31.2 Å². The van der Waals surface area contributed by atoms with Gasteiger partial charge in [0.2, 0.25) is 0 Å². The van der Waals surface area contributed by atoms with Crippen LogP contribution < -0.4 is 20.5 Å². The first kappa shape index (κ1) is 20.7. The Labute approximate surface area is 152 Å². The summed E-state index contributed by atoms with van der Waals surface area (Å²) >= 11 is 0. The molecule has 0 saturated heterocycles. The molecule has 25 heavy (non-hydrogen) atoms. The van der Waals surface area contributed by atoms with Gasteiger partial charge < -0.3 is 20.5 Å². The molecule has 5 nitrogen and oxygen atoms in total. The SMILES string of the molecule is COc1cc(F)c(C(C)NC(=O)c2ccc(CN)cc2)cc1OC.Cl. The number of halogens is 2. The number of carbonyl (C=O) groups excluding carboxylic acids is 1. The van der Waals surface area contributed by atoms with Crippen molar-refractivity contribution in [3.8, 4) is 11.5 Å². The van der Waals surface area contributed by atoms with Crippen LogP contribution in [-0.4, -0.2) is 20.1 Å².